The van der Waals surface area contributed by atoms with Crippen LogP contribution in [-0.4, -0.2) is 26.5 Å². The molecular formula is C29H29ClN8. The zero-order chi connectivity index (χ0) is 26.3. The van der Waals surface area contributed by atoms with Crippen LogP contribution in [0.5, 0.6) is 0 Å². The van der Waals surface area contributed by atoms with Crippen molar-refractivity contribution in [2.24, 2.45) is 0 Å². The van der Waals surface area contributed by atoms with Gasteiger partial charge >= 0.3 is 0 Å². The van der Waals surface area contributed by atoms with Crippen molar-refractivity contribution in [2.45, 2.75) is 26.7 Å². The molecule has 0 unspecified atom stereocenters. The fraction of sp³-hybridized carbons (Fsp3) is 0.172. The number of halogens is 1. The second kappa shape index (κ2) is 11.7. The number of fused-ring (bicyclic) bond motifs is 1. The highest BCUT2D eigenvalue weighted by atomic mass is 35.5. The molecule has 0 aliphatic carbocycles. The van der Waals surface area contributed by atoms with Crippen LogP contribution in [0, 0.1) is 6.92 Å². The van der Waals surface area contributed by atoms with Crippen LogP contribution in [0.2, 0.25) is 5.02 Å². The number of pyridine rings is 1. The zero-order valence-corrected chi connectivity index (χ0v) is 22.0. The van der Waals surface area contributed by atoms with Crippen molar-refractivity contribution in [1.29, 1.82) is 0 Å². The second-order valence-corrected chi connectivity index (χ2v) is 9.31. The largest absolute Gasteiger partial charge is 0.355 e. The number of aryl methyl sites for hydroxylation is 1. The van der Waals surface area contributed by atoms with Gasteiger partial charge in [-0.1, -0.05) is 43.1 Å². The predicted molar refractivity (Wildman–Crippen MR) is 157 cm³/mol. The second-order valence-electron chi connectivity index (χ2n) is 8.87. The molecule has 0 saturated heterocycles. The lowest BCUT2D eigenvalue weighted by molar-refractivity contribution is 0.825. The normalized spacial score (nSPS) is 10.8. The van der Waals surface area contributed by atoms with Crippen LogP contribution < -0.4 is 21.3 Å². The highest BCUT2D eigenvalue weighted by Crippen LogP contribution is 2.28. The maximum absolute atomic E-state index is 6.12. The molecular weight excluding hydrogens is 496 g/mol. The average Bonchev–Trinajstić information content (AvgIpc) is 2.91. The number of benzene rings is 3. The van der Waals surface area contributed by atoms with Crippen molar-refractivity contribution in [3.63, 3.8) is 0 Å². The summed E-state index contributed by atoms with van der Waals surface area (Å²) in [5, 5.41) is 15.1. The molecule has 0 amide bonds. The van der Waals surface area contributed by atoms with Crippen molar-refractivity contribution in [3.8, 4) is 0 Å². The molecule has 38 heavy (non-hydrogen) atoms. The number of anilines is 7. The average molecular weight is 525 g/mol. The lowest BCUT2D eigenvalue weighted by Gasteiger charge is -2.13. The van der Waals surface area contributed by atoms with E-state index in [1.54, 1.807) is 6.20 Å². The van der Waals surface area contributed by atoms with Gasteiger partial charge in [0.05, 0.1) is 5.52 Å². The van der Waals surface area contributed by atoms with Crippen molar-refractivity contribution in [3.05, 3.63) is 89.6 Å². The zero-order valence-electron chi connectivity index (χ0n) is 21.3. The van der Waals surface area contributed by atoms with Crippen molar-refractivity contribution in [1.82, 2.24) is 19.9 Å². The molecule has 0 atom stereocenters. The predicted octanol–water partition coefficient (Wildman–Crippen LogP) is 7.82. The standard InChI is InChI=1S/C29H29ClN8/c1-3-4-16-32-27-36-28(38-29(37-27)35-24-8-6-5-7-19(24)2)34-22-12-10-21(11-13-22)33-25-15-17-31-26-18-20(30)9-14-23(25)26/h5-15,17-18H,3-4,16H2,1-2H3,(H,31,33)(H3,32,34,35,36,37,38). The van der Waals surface area contributed by atoms with Crippen molar-refractivity contribution in [2.75, 3.05) is 27.8 Å². The molecule has 8 nitrogen and oxygen atoms in total. The Balaban J connectivity index is 1.34. The minimum Gasteiger partial charge on any atom is -0.355 e. The maximum Gasteiger partial charge on any atom is 0.233 e. The molecule has 0 aliphatic heterocycles. The molecule has 0 spiro atoms. The van der Waals surface area contributed by atoms with Gasteiger partial charge in [-0.25, -0.2) is 0 Å². The van der Waals surface area contributed by atoms with Crippen LogP contribution in [0.4, 0.5) is 40.6 Å². The van der Waals surface area contributed by atoms with E-state index in [9.17, 15) is 0 Å². The van der Waals surface area contributed by atoms with Gasteiger partial charge in [-0.05, 0) is 73.5 Å². The van der Waals surface area contributed by atoms with Gasteiger partial charge in [0.1, 0.15) is 0 Å². The summed E-state index contributed by atoms with van der Waals surface area (Å²) in [6.45, 7) is 4.99. The highest BCUT2D eigenvalue weighted by Gasteiger charge is 2.09. The van der Waals surface area contributed by atoms with Gasteiger partial charge in [0, 0.05) is 45.9 Å². The quantitative estimate of drug-likeness (QED) is 0.137. The topological polar surface area (TPSA) is 99.7 Å². The van der Waals surface area contributed by atoms with E-state index < -0.39 is 0 Å². The Bertz CT molecular complexity index is 1540. The Labute approximate surface area is 226 Å². The third-order valence-electron chi connectivity index (χ3n) is 5.97. The first-order valence-electron chi connectivity index (χ1n) is 12.6. The first kappa shape index (κ1) is 25.2. The number of aromatic nitrogens is 4. The minimum atomic E-state index is 0.452. The molecule has 2 heterocycles. The summed E-state index contributed by atoms with van der Waals surface area (Å²) in [6, 6.07) is 23.6. The Kier molecular flexibility index (Phi) is 7.80. The van der Waals surface area contributed by atoms with E-state index in [1.807, 2.05) is 79.7 Å². The van der Waals surface area contributed by atoms with Gasteiger partial charge in [-0.15, -0.1) is 0 Å². The van der Waals surface area contributed by atoms with Crippen LogP contribution in [0.3, 0.4) is 0 Å². The Morgan fingerprint density at radius 2 is 1.45 bits per heavy atom. The molecule has 3 aromatic carbocycles. The summed E-state index contributed by atoms with van der Waals surface area (Å²) in [5.74, 6) is 1.45. The van der Waals surface area contributed by atoms with E-state index >= 15 is 0 Å². The molecule has 0 bridgehead atoms. The number of rotatable bonds is 10. The van der Waals surface area contributed by atoms with E-state index in [4.69, 9.17) is 11.6 Å². The third-order valence-corrected chi connectivity index (χ3v) is 6.20. The molecule has 0 aliphatic rings. The molecule has 0 radical (unpaired) electrons. The lowest BCUT2D eigenvalue weighted by atomic mass is 10.2. The van der Waals surface area contributed by atoms with Gasteiger partial charge in [-0.2, -0.15) is 15.0 Å². The molecule has 4 N–H and O–H groups in total. The van der Waals surface area contributed by atoms with Crippen LogP contribution in [0.1, 0.15) is 25.3 Å². The van der Waals surface area contributed by atoms with Crippen LogP contribution in [0.25, 0.3) is 10.9 Å². The van der Waals surface area contributed by atoms with Gasteiger partial charge in [0.2, 0.25) is 17.8 Å². The number of unbranched alkanes of at least 4 members (excludes halogenated alkanes) is 1. The highest BCUT2D eigenvalue weighted by molar-refractivity contribution is 6.31. The van der Waals surface area contributed by atoms with Gasteiger partial charge in [0.15, 0.2) is 0 Å². The summed E-state index contributed by atoms with van der Waals surface area (Å²) >= 11 is 6.12. The minimum absolute atomic E-state index is 0.452. The molecule has 192 valence electrons. The summed E-state index contributed by atoms with van der Waals surface area (Å²) < 4.78 is 0. The van der Waals surface area contributed by atoms with Crippen LogP contribution in [-0.2, 0) is 0 Å². The smallest absolute Gasteiger partial charge is 0.233 e. The summed E-state index contributed by atoms with van der Waals surface area (Å²) in [6.07, 6.45) is 3.89. The SMILES string of the molecule is CCCCNc1nc(Nc2ccc(Nc3ccnc4cc(Cl)ccc34)cc2)nc(Nc2ccccc2C)n1. The number of nitrogens with zero attached hydrogens (tertiary/aromatic N) is 4. The lowest BCUT2D eigenvalue weighted by Crippen LogP contribution is -2.10. The molecule has 0 saturated carbocycles. The van der Waals surface area contributed by atoms with Crippen LogP contribution >= 0.6 is 11.6 Å². The first-order chi connectivity index (χ1) is 18.6. The third kappa shape index (κ3) is 6.27. The summed E-state index contributed by atoms with van der Waals surface area (Å²) in [4.78, 5) is 18.2. The van der Waals surface area contributed by atoms with Gasteiger partial charge < -0.3 is 21.3 Å². The monoisotopic (exact) mass is 524 g/mol. The Morgan fingerprint density at radius 3 is 2.21 bits per heavy atom. The Hall–Kier alpha value is -4.43. The number of hydrogen-bond donors (Lipinski definition) is 4. The van der Waals surface area contributed by atoms with Crippen LogP contribution in [0.15, 0.2) is 79.0 Å². The molecule has 2 aromatic heterocycles. The fourth-order valence-corrected chi connectivity index (χ4v) is 4.10. The molecule has 9 heteroatoms. The molecule has 0 fully saturated rings. The number of hydrogen-bond acceptors (Lipinski definition) is 8. The van der Waals surface area contributed by atoms with E-state index in [1.165, 1.54) is 0 Å². The van der Waals surface area contributed by atoms with Gasteiger partial charge in [0.25, 0.3) is 0 Å². The molecule has 5 aromatic rings. The summed E-state index contributed by atoms with van der Waals surface area (Å²) in [5.41, 5.74) is 5.65. The van der Waals surface area contributed by atoms with Crippen molar-refractivity contribution >= 4 is 63.1 Å². The van der Waals surface area contributed by atoms with Crippen molar-refractivity contribution < 1.29 is 0 Å². The number of nitrogens with one attached hydrogen (secondary N) is 4. The van der Waals surface area contributed by atoms with E-state index in [0.29, 0.717) is 22.9 Å². The first-order valence-corrected chi connectivity index (χ1v) is 13.0. The van der Waals surface area contributed by atoms with Gasteiger partial charge in [-0.3, -0.25) is 4.98 Å². The fourth-order valence-electron chi connectivity index (χ4n) is 3.93. The van der Waals surface area contributed by atoms with E-state index in [0.717, 1.165) is 58.6 Å². The van der Waals surface area contributed by atoms with E-state index in [-0.39, 0.29) is 0 Å². The van der Waals surface area contributed by atoms with E-state index in [2.05, 4.69) is 48.1 Å². The summed E-state index contributed by atoms with van der Waals surface area (Å²) in [7, 11) is 0. The maximum atomic E-state index is 6.12. The Morgan fingerprint density at radius 1 is 0.737 bits per heavy atom. The molecule has 5 rings (SSSR count). The number of para-hydroxylation sites is 1.